The van der Waals surface area contributed by atoms with Gasteiger partial charge in [-0.15, -0.1) is 0 Å². The zero-order chi connectivity index (χ0) is 41.6. The second-order valence-electron chi connectivity index (χ2n) is 16.9. The highest BCUT2D eigenvalue weighted by Gasteiger charge is 2.36. The number of nitrogens with zero attached hydrogens (tertiary/aromatic N) is 1. The number of benzene rings is 10. The Bertz CT molecular complexity index is 3110. The molecule has 10 aromatic rings. The largest absolute Gasteiger partial charge is 0.311 e. The molecule has 0 amide bonds. The molecule has 0 aliphatic heterocycles. The van der Waals surface area contributed by atoms with Crippen LogP contribution in [0.3, 0.4) is 0 Å². The van der Waals surface area contributed by atoms with Gasteiger partial charge in [-0.1, -0.05) is 208 Å². The van der Waals surface area contributed by atoms with Crippen molar-refractivity contribution in [2.75, 3.05) is 4.90 Å². The molecule has 62 heavy (non-hydrogen) atoms. The smallest absolute Gasteiger partial charge is 0.0462 e. The normalized spacial score (nSPS) is 12.9. The van der Waals surface area contributed by atoms with Crippen molar-refractivity contribution in [3.8, 4) is 44.5 Å². The highest BCUT2D eigenvalue weighted by molar-refractivity contribution is 6.17. The van der Waals surface area contributed by atoms with E-state index in [9.17, 15) is 0 Å². The van der Waals surface area contributed by atoms with E-state index in [0.29, 0.717) is 0 Å². The Morgan fingerprint density at radius 3 is 0.968 bits per heavy atom. The summed E-state index contributed by atoms with van der Waals surface area (Å²) in [6.07, 6.45) is 2.45. The summed E-state index contributed by atoms with van der Waals surface area (Å²) >= 11 is 0. The van der Waals surface area contributed by atoms with Gasteiger partial charge in [0.2, 0.25) is 0 Å². The van der Waals surface area contributed by atoms with E-state index in [2.05, 4.69) is 255 Å². The molecule has 0 saturated heterocycles. The number of fused-ring (bicyclic) bond motifs is 6. The quantitative estimate of drug-likeness (QED) is 0.139. The van der Waals surface area contributed by atoms with Crippen molar-refractivity contribution in [2.45, 2.75) is 19.3 Å². The van der Waals surface area contributed by atoms with Crippen molar-refractivity contribution in [1.82, 2.24) is 0 Å². The predicted molar refractivity (Wildman–Crippen MR) is 265 cm³/mol. The molecule has 1 nitrogen and oxygen atoms in total. The van der Waals surface area contributed by atoms with Crippen molar-refractivity contribution in [3.63, 3.8) is 0 Å². The topological polar surface area (TPSA) is 3.24 Å². The fraction of sp³-hybridized carbons (Fsp3) is 0.0492. The summed E-state index contributed by atoms with van der Waals surface area (Å²) in [6.45, 7) is 4.78. The third-order valence-electron chi connectivity index (χ3n) is 12.9. The first kappa shape index (κ1) is 37.3. The van der Waals surface area contributed by atoms with Gasteiger partial charge in [0.25, 0.3) is 0 Å². The van der Waals surface area contributed by atoms with Crippen LogP contribution in [0.1, 0.15) is 30.5 Å². The molecule has 0 atom stereocenters. The van der Waals surface area contributed by atoms with Gasteiger partial charge in [-0.25, -0.2) is 0 Å². The van der Waals surface area contributed by atoms with Crippen LogP contribution in [0, 0.1) is 0 Å². The maximum absolute atomic E-state index is 2.45. The third-order valence-corrected chi connectivity index (χ3v) is 12.9. The first-order valence-corrected chi connectivity index (χ1v) is 21.6. The Hall–Kier alpha value is -7.74. The van der Waals surface area contributed by atoms with Gasteiger partial charge >= 0.3 is 0 Å². The Morgan fingerprint density at radius 1 is 0.274 bits per heavy atom. The molecule has 294 valence electrons. The lowest BCUT2D eigenvalue weighted by Gasteiger charge is -2.28. The van der Waals surface area contributed by atoms with E-state index in [0.717, 1.165) is 17.1 Å². The molecule has 0 bridgehead atoms. The molecule has 10 aromatic carbocycles. The number of rotatable bonds is 8. The molecule has 0 spiro atoms. The molecule has 1 aliphatic rings. The van der Waals surface area contributed by atoms with Crippen LogP contribution < -0.4 is 4.90 Å². The molecule has 0 saturated carbocycles. The molecule has 0 N–H and O–H groups in total. The van der Waals surface area contributed by atoms with Gasteiger partial charge in [0.1, 0.15) is 0 Å². The van der Waals surface area contributed by atoms with E-state index in [1.54, 1.807) is 0 Å². The lowest BCUT2D eigenvalue weighted by atomic mass is 9.76. The van der Waals surface area contributed by atoms with Crippen LogP contribution in [-0.2, 0) is 5.41 Å². The van der Waals surface area contributed by atoms with Gasteiger partial charge in [-0.3, -0.25) is 0 Å². The van der Waals surface area contributed by atoms with Crippen LogP contribution in [-0.4, -0.2) is 0 Å². The summed E-state index contributed by atoms with van der Waals surface area (Å²) in [4.78, 5) is 2.37. The van der Waals surface area contributed by atoms with Crippen molar-refractivity contribution < 1.29 is 0 Å². The molecule has 11 rings (SSSR count). The fourth-order valence-corrected chi connectivity index (χ4v) is 9.71. The van der Waals surface area contributed by atoms with E-state index in [4.69, 9.17) is 0 Å². The lowest BCUT2D eigenvalue weighted by molar-refractivity contribution is 0.711. The van der Waals surface area contributed by atoms with Crippen LogP contribution in [0.4, 0.5) is 17.1 Å². The molecule has 1 aliphatic carbocycles. The van der Waals surface area contributed by atoms with E-state index in [1.165, 1.54) is 88.3 Å². The van der Waals surface area contributed by atoms with Gasteiger partial charge in [-0.2, -0.15) is 0 Å². The van der Waals surface area contributed by atoms with E-state index in [1.807, 2.05) is 0 Å². The van der Waals surface area contributed by atoms with E-state index < -0.39 is 0 Å². The Kier molecular flexibility index (Phi) is 9.24. The maximum atomic E-state index is 2.45. The molecule has 0 radical (unpaired) electrons. The van der Waals surface area contributed by atoms with Crippen molar-refractivity contribution in [1.29, 1.82) is 0 Å². The van der Waals surface area contributed by atoms with Gasteiger partial charge < -0.3 is 4.90 Å². The fourth-order valence-electron chi connectivity index (χ4n) is 9.71. The van der Waals surface area contributed by atoms with Crippen molar-refractivity contribution in [2.24, 2.45) is 0 Å². The molecular weight excluding hydrogens is 747 g/mol. The summed E-state index contributed by atoms with van der Waals surface area (Å²) in [5, 5.41) is 5.29. The monoisotopic (exact) mass is 791 g/mol. The van der Waals surface area contributed by atoms with Crippen molar-refractivity contribution >= 4 is 50.3 Å². The van der Waals surface area contributed by atoms with Crippen LogP contribution >= 0.6 is 0 Å². The minimum absolute atomic E-state index is 0.176. The van der Waals surface area contributed by atoms with Gasteiger partial charge in [0.15, 0.2) is 0 Å². The Balaban J connectivity index is 0.947. The highest BCUT2D eigenvalue weighted by Crippen LogP contribution is 2.52. The Morgan fingerprint density at radius 2 is 0.565 bits per heavy atom. The van der Waals surface area contributed by atoms with E-state index in [-0.39, 0.29) is 5.41 Å². The SMILES string of the molecule is CC1(C)C(c2ccc(N(c3ccc(-c4ccc(-c5ccccc5)cc4)cc3)c3ccc(-c4ccc(-c5ccccc5)cc4)cc3)cc2)=Cc2c1c1ccccc1c1ccccc21. The van der Waals surface area contributed by atoms with Gasteiger partial charge in [-0.05, 0) is 131 Å². The van der Waals surface area contributed by atoms with Gasteiger partial charge in [0, 0.05) is 22.5 Å². The highest BCUT2D eigenvalue weighted by atomic mass is 15.1. The summed E-state index contributed by atoms with van der Waals surface area (Å²) in [5.74, 6) is 0. The average Bonchev–Trinajstić information content (AvgIpc) is 3.63. The summed E-state index contributed by atoms with van der Waals surface area (Å²) in [7, 11) is 0. The summed E-state index contributed by atoms with van der Waals surface area (Å²) < 4.78 is 0. The van der Waals surface area contributed by atoms with Crippen molar-refractivity contribution in [3.05, 3.63) is 247 Å². The summed E-state index contributed by atoms with van der Waals surface area (Å²) in [6, 6.07) is 83.9. The zero-order valence-corrected chi connectivity index (χ0v) is 35.0. The molecule has 0 fully saturated rings. The van der Waals surface area contributed by atoms with Crippen LogP contribution in [0.25, 0.3) is 77.7 Å². The molecular formula is C61H45N. The molecule has 0 unspecified atom stereocenters. The molecule has 0 aromatic heterocycles. The number of anilines is 3. The first-order chi connectivity index (χ1) is 30.5. The minimum Gasteiger partial charge on any atom is -0.311 e. The van der Waals surface area contributed by atoms with Crippen LogP contribution in [0.15, 0.2) is 231 Å². The zero-order valence-electron chi connectivity index (χ0n) is 35.0. The Labute approximate surface area is 364 Å². The molecule has 0 heterocycles. The number of hydrogen-bond donors (Lipinski definition) is 0. The van der Waals surface area contributed by atoms with Crippen LogP contribution in [0.2, 0.25) is 0 Å². The lowest BCUT2D eigenvalue weighted by Crippen LogP contribution is -2.17. The number of allylic oxidation sites excluding steroid dienone is 1. The predicted octanol–water partition coefficient (Wildman–Crippen LogP) is 17.0. The molecule has 1 heteroatoms. The van der Waals surface area contributed by atoms with Crippen LogP contribution in [0.5, 0.6) is 0 Å². The second-order valence-corrected chi connectivity index (χ2v) is 16.9. The standard InChI is InChI=1S/C61H45N/c1-61(2)59(41-58-56-19-10-9-17-54(56)55-18-11-12-20-57(55)60(58)61)50-33-39-53(40-34-50)62(51-35-29-48(30-36-51)46-25-21-44(22-26-46)42-13-5-3-6-14-42)52-37-31-49(32-38-52)47-27-23-45(24-28-47)43-15-7-4-8-16-43/h3-41H,1-2H3. The minimum atomic E-state index is -0.176. The third kappa shape index (κ3) is 6.60. The van der Waals surface area contributed by atoms with E-state index >= 15 is 0 Å². The number of hydrogen-bond acceptors (Lipinski definition) is 1. The maximum Gasteiger partial charge on any atom is 0.0462 e. The average molecular weight is 792 g/mol. The van der Waals surface area contributed by atoms with Gasteiger partial charge in [0.05, 0.1) is 0 Å². The second kappa shape index (κ2) is 15.4. The summed E-state index contributed by atoms with van der Waals surface area (Å²) in [5.41, 5.74) is 18.2. The first-order valence-electron chi connectivity index (χ1n) is 21.6.